The quantitative estimate of drug-likeness (QED) is 0.877. The van der Waals surface area contributed by atoms with Crippen molar-refractivity contribution in [3.05, 3.63) is 39.9 Å². The second-order valence-electron chi connectivity index (χ2n) is 4.31. The summed E-state index contributed by atoms with van der Waals surface area (Å²) in [6, 6.07) is 3.79. The van der Waals surface area contributed by atoms with Gasteiger partial charge in [0.2, 0.25) is 0 Å². The lowest BCUT2D eigenvalue weighted by Crippen LogP contribution is -2.09. The minimum atomic E-state index is -0.794. The normalized spacial score (nSPS) is 10.3. The van der Waals surface area contributed by atoms with Crippen molar-refractivity contribution < 1.29 is 19.0 Å². The van der Waals surface area contributed by atoms with Crippen molar-refractivity contribution >= 4 is 17.6 Å². The number of aromatic hydroxyl groups is 1. The lowest BCUT2D eigenvalue weighted by Gasteiger charge is -2.09. The van der Waals surface area contributed by atoms with E-state index in [4.69, 9.17) is 21.6 Å². The Balaban J connectivity index is 2.67. The molecule has 0 saturated carbocycles. The predicted molar refractivity (Wildman–Crippen MR) is 75.6 cm³/mol. The monoisotopic (exact) mass is 323 g/mol. The fraction of sp³-hybridized carbons (Fsp3) is 0.214. The van der Waals surface area contributed by atoms with E-state index < -0.39 is 11.8 Å². The van der Waals surface area contributed by atoms with Gasteiger partial charge in [-0.1, -0.05) is 11.6 Å². The van der Waals surface area contributed by atoms with E-state index in [9.17, 15) is 14.3 Å². The van der Waals surface area contributed by atoms with Crippen molar-refractivity contribution in [3.63, 3.8) is 0 Å². The lowest BCUT2D eigenvalue weighted by atomic mass is 10.2. The Kier molecular flexibility index (Phi) is 4.33. The molecule has 1 aromatic carbocycles. The van der Waals surface area contributed by atoms with Crippen molar-refractivity contribution in [1.29, 1.82) is 5.26 Å². The molecule has 1 heterocycles. The number of hydrogen-bond donors (Lipinski definition) is 1. The van der Waals surface area contributed by atoms with Gasteiger partial charge in [-0.15, -0.1) is 0 Å². The van der Waals surface area contributed by atoms with E-state index in [1.54, 1.807) is 13.0 Å². The number of carbonyl (C=O) groups excluding carboxylic acids is 1. The SMILES string of the molecule is CCOC(=O)c1cc(-n2nc(C)c(O)c2C#N)c(F)cc1Cl. The molecule has 0 bridgehead atoms. The zero-order chi connectivity index (χ0) is 16.4. The summed E-state index contributed by atoms with van der Waals surface area (Å²) in [6.45, 7) is 3.22. The van der Waals surface area contributed by atoms with E-state index in [0.717, 1.165) is 16.8 Å². The highest BCUT2D eigenvalue weighted by molar-refractivity contribution is 6.33. The topological polar surface area (TPSA) is 88.1 Å². The second-order valence-corrected chi connectivity index (χ2v) is 4.72. The summed E-state index contributed by atoms with van der Waals surface area (Å²) in [5.41, 5.74) is -0.332. The first-order chi connectivity index (χ1) is 10.4. The summed E-state index contributed by atoms with van der Waals surface area (Å²) in [5, 5.41) is 22.6. The lowest BCUT2D eigenvalue weighted by molar-refractivity contribution is 0.0526. The molecule has 2 aromatic rings. The fourth-order valence-electron chi connectivity index (χ4n) is 1.86. The number of benzene rings is 1. The van der Waals surface area contributed by atoms with E-state index >= 15 is 0 Å². The number of ether oxygens (including phenoxy) is 1. The Morgan fingerprint density at radius 2 is 2.27 bits per heavy atom. The minimum Gasteiger partial charge on any atom is -0.504 e. The Labute approximate surface area is 130 Å². The van der Waals surface area contributed by atoms with Gasteiger partial charge < -0.3 is 9.84 Å². The Bertz CT molecular complexity index is 796. The molecule has 2 rings (SSSR count). The van der Waals surface area contributed by atoms with Crippen molar-refractivity contribution in [3.8, 4) is 17.5 Å². The molecule has 0 radical (unpaired) electrons. The van der Waals surface area contributed by atoms with Crippen LogP contribution in [0.4, 0.5) is 4.39 Å². The van der Waals surface area contributed by atoms with E-state index in [-0.39, 0.29) is 40.0 Å². The van der Waals surface area contributed by atoms with E-state index in [0.29, 0.717) is 0 Å². The molecule has 1 N–H and O–H groups in total. The van der Waals surface area contributed by atoms with Crippen LogP contribution in [0.2, 0.25) is 5.02 Å². The van der Waals surface area contributed by atoms with Crippen LogP contribution in [-0.2, 0) is 4.74 Å². The van der Waals surface area contributed by atoms with Crippen molar-refractivity contribution in [2.75, 3.05) is 6.61 Å². The molecule has 0 amide bonds. The van der Waals surface area contributed by atoms with Crippen LogP contribution in [0.5, 0.6) is 5.75 Å². The zero-order valence-electron chi connectivity index (χ0n) is 11.7. The van der Waals surface area contributed by atoms with E-state index in [2.05, 4.69) is 5.10 Å². The minimum absolute atomic E-state index is 0.0588. The number of aromatic nitrogens is 2. The van der Waals surface area contributed by atoms with Crippen LogP contribution in [-0.4, -0.2) is 27.5 Å². The molecular weight excluding hydrogens is 313 g/mol. The van der Waals surface area contributed by atoms with Crippen LogP contribution >= 0.6 is 11.6 Å². The summed E-state index contributed by atoms with van der Waals surface area (Å²) in [5.74, 6) is -1.87. The molecule has 0 aliphatic carbocycles. The standard InChI is InChI=1S/C14H11ClFN3O3/c1-3-22-14(21)8-4-11(10(16)5-9(8)15)19-12(6-17)13(20)7(2)18-19/h4-5,20H,3H2,1-2H3. The zero-order valence-corrected chi connectivity index (χ0v) is 12.5. The molecule has 0 fully saturated rings. The van der Waals surface area contributed by atoms with Gasteiger partial charge in [0, 0.05) is 0 Å². The Morgan fingerprint density at radius 1 is 1.59 bits per heavy atom. The van der Waals surface area contributed by atoms with Crippen molar-refractivity contribution in [2.45, 2.75) is 13.8 Å². The van der Waals surface area contributed by atoms with Crippen LogP contribution in [0, 0.1) is 24.1 Å². The van der Waals surface area contributed by atoms with Gasteiger partial charge in [0.25, 0.3) is 0 Å². The third-order valence-electron chi connectivity index (χ3n) is 2.89. The maximum atomic E-state index is 14.1. The maximum absolute atomic E-state index is 14.1. The van der Waals surface area contributed by atoms with Gasteiger partial charge in [-0.25, -0.2) is 13.9 Å². The molecule has 6 nitrogen and oxygen atoms in total. The summed E-state index contributed by atoms with van der Waals surface area (Å²) >= 11 is 5.84. The van der Waals surface area contributed by atoms with Gasteiger partial charge in [-0.05, 0) is 26.0 Å². The van der Waals surface area contributed by atoms with Gasteiger partial charge in [0.1, 0.15) is 23.3 Å². The van der Waals surface area contributed by atoms with Gasteiger partial charge in [0.15, 0.2) is 11.4 Å². The van der Waals surface area contributed by atoms with Gasteiger partial charge >= 0.3 is 5.97 Å². The smallest absolute Gasteiger partial charge is 0.339 e. The van der Waals surface area contributed by atoms with Gasteiger partial charge in [-0.2, -0.15) is 10.4 Å². The van der Waals surface area contributed by atoms with Crippen molar-refractivity contribution in [2.24, 2.45) is 0 Å². The summed E-state index contributed by atoms with van der Waals surface area (Å²) in [4.78, 5) is 11.8. The number of nitrogens with zero attached hydrogens (tertiary/aromatic N) is 3. The second kappa shape index (κ2) is 6.03. The Hall–Kier alpha value is -2.59. The predicted octanol–water partition coefficient (Wildman–Crippen LogP) is 2.73. The molecule has 0 spiro atoms. The number of rotatable bonds is 3. The average molecular weight is 324 g/mol. The molecular formula is C14H11ClFN3O3. The molecule has 0 atom stereocenters. The summed E-state index contributed by atoms with van der Waals surface area (Å²) < 4.78 is 19.9. The number of aryl methyl sites for hydroxylation is 1. The van der Waals surface area contributed by atoms with Gasteiger partial charge in [0.05, 0.1) is 17.2 Å². The largest absolute Gasteiger partial charge is 0.504 e. The molecule has 8 heteroatoms. The number of esters is 1. The maximum Gasteiger partial charge on any atom is 0.339 e. The first kappa shape index (κ1) is 15.8. The van der Waals surface area contributed by atoms with Crippen LogP contribution < -0.4 is 0 Å². The van der Waals surface area contributed by atoms with Gasteiger partial charge in [-0.3, -0.25) is 0 Å². The highest BCUT2D eigenvalue weighted by atomic mass is 35.5. The molecule has 114 valence electrons. The first-order valence-corrected chi connectivity index (χ1v) is 6.63. The molecule has 1 aromatic heterocycles. The van der Waals surface area contributed by atoms with E-state index in [1.807, 2.05) is 0 Å². The third kappa shape index (κ3) is 2.61. The molecule has 0 aliphatic heterocycles. The molecule has 0 saturated heterocycles. The first-order valence-electron chi connectivity index (χ1n) is 6.25. The molecule has 0 aliphatic rings. The number of halogens is 2. The molecule has 22 heavy (non-hydrogen) atoms. The van der Waals surface area contributed by atoms with Crippen LogP contribution in [0.25, 0.3) is 5.69 Å². The highest BCUT2D eigenvalue weighted by Gasteiger charge is 2.21. The number of hydrogen-bond acceptors (Lipinski definition) is 5. The highest BCUT2D eigenvalue weighted by Crippen LogP contribution is 2.28. The number of nitriles is 1. The summed E-state index contributed by atoms with van der Waals surface area (Å²) in [7, 11) is 0. The Morgan fingerprint density at radius 3 is 2.86 bits per heavy atom. The third-order valence-corrected chi connectivity index (χ3v) is 3.21. The molecule has 0 unspecified atom stereocenters. The van der Waals surface area contributed by atoms with Crippen LogP contribution in [0.1, 0.15) is 28.7 Å². The average Bonchev–Trinajstić information content (AvgIpc) is 2.74. The van der Waals surface area contributed by atoms with Crippen LogP contribution in [0.15, 0.2) is 12.1 Å². The summed E-state index contributed by atoms with van der Waals surface area (Å²) in [6.07, 6.45) is 0. The van der Waals surface area contributed by atoms with Crippen LogP contribution in [0.3, 0.4) is 0 Å². The van der Waals surface area contributed by atoms with E-state index in [1.165, 1.54) is 6.92 Å². The van der Waals surface area contributed by atoms with Crippen molar-refractivity contribution in [1.82, 2.24) is 9.78 Å². The number of carbonyl (C=O) groups is 1. The fourth-order valence-corrected chi connectivity index (χ4v) is 2.09.